The summed E-state index contributed by atoms with van der Waals surface area (Å²) in [5.41, 5.74) is 0.778. The number of hydrogen-bond acceptors (Lipinski definition) is 4. The van der Waals surface area contributed by atoms with Crippen LogP contribution >= 0.6 is 11.6 Å². The number of esters is 1. The summed E-state index contributed by atoms with van der Waals surface area (Å²) in [6.45, 7) is 2.14. The molecule has 0 bridgehead atoms. The first kappa shape index (κ1) is 14.9. The lowest BCUT2D eigenvalue weighted by atomic mass is 10.2. The molecule has 1 aliphatic carbocycles. The van der Waals surface area contributed by atoms with Crippen molar-refractivity contribution < 1.29 is 9.53 Å². The quantitative estimate of drug-likeness (QED) is 0.665. The van der Waals surface area contributed by atoms with E-state index in [1.165, 1.54) is 31.8 Å². The van der Waals surface area contributed by atoms with Gasteiger partial charge >= 0.3 is 5.97 Å². The molecule has 0 aromatic carbocycles. The molecule has 1 heterocycles. The number of nitrogens with one attached hydrogen (secondary N) is 1. The van der Waals surface area contributed by atoms with Gasteiger partial charge in [0.25, 0.3) is 0 Å². The van der Waals surface area contributed by atoms with E-state index < -0.39 is 0 Å². The Kier molecular flexibility index (Phi) is 5.41. The number of rotatable bonds is 5. The Morgan fingerprint density at radius 2 is 2.30 bits per heavy atom. The van der Waals surface area contributed by atoms with Gasteiger partial charge in [0, 0.05) is 18.3 Å². The Balaban J connectivity index is 1.99. The third kappa shape index (κ3) is 4.23. The second-order valence-corrected chi connectivity index (χ2v) is 5.22. The average Bonchev–Trinajstić information content (AvgIpc) is 2.92. The fraction of sp³-hybridized carbons (Fsp3) is 0.467. The molecule has 0 saturated heterocycles. The van der Waals surface area contributed by atoms with Gasteiger partial charge in [0.2, 0.25) is 0 Å². The third-order valence-electron chi connectivity index (χ3n) is 3.26. The van der Waals surface area contributed by atoms with E-state index in [0.717, 1.165) is 5.56 Å². The van der Waals surface area contributed by atoms with Crippen LogP contribution in [0.25, 0.3) is 6.08 Å². The van der Waals surface area contributed by atoms with Gasteiger partial charge in [0.1, 0.15) is 5.82 Å². The summed E-state index contributed by atoms with van der Waals surface area (Å²) < 4.78 is 4.81. The number of halogens is 1. The van der Waals surface area contributed by atoms with Crippen molar-refractivity contribution in [2.24, 2.45) is 0 Å². The van der Waals surface area contributed by atoms with Crippen LogP contribution in [0.1, 0.15) is 38.2 Å². The van der Waals surface area contributed by atoms with E-state index in [2.05, 4.69) is 10.3 Å². The molecule has 0 atom stereocenters. The zero-order valence-corrected chi connectivity index (χ0v) is 12.3. The highest BCUT2D eigenvalue weighted by molar-refractivity contribution is 6.33. The van der Waals surface area contributed by atoms with Crippen molar-refractivity contribution in [2.75, 3.05) is 11.9 Å². The number of pyridine rings is 1. The molecule has 0 amide bonds. The van der Waals surface area contributed by atoms with Gasteiger partial charge in [-0.1, -0.05) is 24.4 Å². The van der Waals surface area contributed by atoms with Gasteiger partial charge in [0.05, 0.1) is 11.6 Å². The van der Waals surface area contributed by atoms with Gasteiger partial charge in [-0.3, -0.25) is 0 Å². The van der Waals surface area contributed by atoms with Crippen LogP contribution in [0.15, 0.2) is 18.3 Å². The summed E-state index contributed by atoms with van der Waals surface area (Å²) in [5.74, 6) is 0.351. The molecule has 108 valence electrons. The molecule has 0 spiro atoms. The molecule has 1 aliphatic rings. The molecule has 5 heteroatoms. The molecular formula is C15H19ClN2O2. The van der Waals surface area contributed by atoms with Crippen molar-refractivity contribution in [1.82, 2.24) is 4.98 Å². The maximum absolute atomic E-state index is 11.2. The summed E-state index contributed by atoms with van der Waals surface area (Å²) >= 11 is 6.21. The van der Waals surface area contributed by atoms with Gasteiger partial charge in [-0.05, 0) is 37.5 Å². The van der Waals surface area contributed by atoms with Crippen molar-refractivity contribution in [3.63, 3.8) is 0 Å². The van der Waals surface area contributed by atoms with Crippen LogP contribution in [-0.4, -0.2) is 23.6 Å². The average molecular weight is 295 g/mol. The molecule has 0 unspecified atom stereocenters. The van der Waals surface area contributed by atoms with E-state index in [-0.39, 0.29) is 5.97 Å². The van der Waals surface area contributed by atoms with Crippen LogP contribution < -0.4 is 5.32 Å². The van der Waals surface area contributed by atoms with E-state index in [9.17, 15) is 4.79 Å². The molecule has 0 radical (unpaired) electrons. The Hall–Kier alpha value is -1.55. The number of aromatic nitrogens is 1. The molecule has 0 aliphatic heterocycles. The largest absolute Gasteiger partial charge is 0.463 e. The first-order chi connectivity index (χ1) is 9.69. The van der Waals surface area contributed by atoms with Gasteiger partial charge in [-0.2, -0.15) is 0 Å². The maximum atomic E-state index is 11.2. The lowest BCUT2D eigenvalue weighted by molar-refractivity contribution is -0.137. The van der Waals surface area contributed by atoms with Gasteiger partial charge in [0.15, 0.2) is 0 Å². The van der Waals surface area contributed by atoms with Crippen molar-refractivity contribution in [1.29, 1.82) is 0 Å². The summed E-state index contributed by atoms with van der Waals surface area (Å²) in [5, 5.41) is 3.93. The molecule has 1 aromatic rings. The molecule has 4 nitrogen and oxygen atoms in total. The first-order valence-electron chi connectivity index (χ1n) is 6.96. The highest BCUT2D eigenvalue weighted by Crippen LogP contribution is 2.26. The fourth-order valence-electron chi connectivity index (χ4n) is 2.27. The Morgan fingerprint density at radius 1 is 1.55 bits per heavy atom. The topological polar surface area (TPSA) is 51.2 Å². The van der Waals surface area contributed by atoms with Crippen LogP contribution in [0.3, 0.4) is 0 Å². The smallest absolute Gasteiger partial charge is 0.330 e. The third-order valence-corrected chi connectivity index (χ3v) is 3.54. The summed E-state index contributed by atoms with van der Waals surface area (Å²) in [4.78, 5) is 15.5. The van der Waals surface area contributed by atoms with Crippen LogP contribution in [0.4, 0.5) is 5.82 Å². The van der Waals surface area contributed by atoms with Crippen molar-refractivity contribution in [3.05, 3.63) is 28.9 Å². The molecule has 20 heavy (non-hydrogen) atoms. The van der Waals surface area contributed by atoms with Crippen molar-refractivity contribution in [2.45, 2.75) is 38.6 Å². The van der Waals surface area contributed by atoms with Crippen LogP contribution in [0.5, 0.6) is 0 Å². The second kappa shape index (κ2) is 7.29. The zero-order valence-electron chi connectivity index (χ0n) is 11.6. The number of ether oxygens (including phenoxy) is 1. The number of carbonyl (C=O) groups excluding carboxylic acids is 1. The summed E-state index contributed by atoms with van der Waals surface area (Å²) in [6.07, 6.45) is 9.58. The number of nitrogens with zero attached hydrogens (tertiary/aromatic N) is 1. The molecule has 1 N–H and O–H groups in total. The minimum atomic E-state index is -0.364. The van der Waals surface area contributed by atoms with E-state index >= 15 is 0 Å². The van der Waals surface area contributed by atoms with Crippen LogP contribution in [0.2, 0.25) is 5.02 Å². The normalized spacial score (nSPS) is 15.7. The van der Waals surface area contributed by atoms with Gasteiger partial charge in [-0.25, -0.2) is 9.78 Å². The minimum absolute atomic E-state index is 0.364. The van der Waals surface area contributed by atoms with Crippen molar-refractivity contribution >= 4 is 29.5 Å². The molecule has 1 aromatic heterocycles. The number of anilines is 1. The highest BCUT2D eigenvalue weighted by Gasteiger charge is 2.16. The Labute approximate surface area is 124 Å². The summed E-state index contributed by atoms with van der Waals surface area (Å²) in [6, 6.07) is 2.27. The fourth-order valence-corrected chi connectivity index (χ4v) is 2.50. The lowest BCUT2D eigenvalue weighted by Crippen LogP contribution is -2.15. The molecular weight excluding hydrogens is 276 g/mol. The van der Waals surface area contributed by atoms with Crippen molar-refractivity contribution in [3.8, 4) is 0 Å². The molecule has 2 rings (SSSR count). The number of carbonyl (C=O) groups is 1. The number of hydrogen-bond donors (Lipinski definition) is 1. The standard InChI is InChI=1S/C15H19ClN2O2/c1-2-20-14(19)8-7-11-9-13(16)15(17-10-11)18-12-5-3-4-6-12/h7-10,12H,2-6H2,1H3,(H,17,18)/b8-7+. The van der Waals surface area contributed by atoms with E-state index in [1.54, 1.807) is 25.3 Å². The zero-order chi connectivity index (χ0) is 14.4. The lowest BCUT2D eigenvalue weighted by Gasteiger charge is -2.13. The van der Waals surface area contributed by atoms with Gasteiger partial charge in [-0.15, -0.1) is 0 Å². The predicted molar refractivity (Wildman–Crippen MR) is 80.8 cm³/mol. The molecule has 1 saturated carbocycles. The van der Waals surface area contributed by atoms with Crippen LogP contribution in [0, 0.1) is 0 Å². The maximum Gasteiger partial charge on any atom is 0.330 e. The summed E-state index contributed by atoms with van der Waals surface area (Å²) in [7, 11) is 0. The van der Waals surface area contributed by atoms with E-state index in [0.29, 0.717) is 23.5 Å². The first-order valence-corrected chi connectivity index (χ1v) is 7.33. The Bertz CT molecular complexity index is 497. The second-order valence-electron chi connectivity index (χ2n) is 4.81. The Morgan fingerprint density at radius 3 is 2.95 bits per heavy atom. The minimum Gasteiger partial charge on any atom is -0.463 e. The van der Waals surface area contributed by atoms with Gasteiger partial charge < -0.3 is 10.1 Å². The SMILES string of the molecule is CCOC(=O)/C=C/c1cnc(NC2CCCC2)c(Cl)c1. The van der Waals surface area contributed by atoms with E-state index in [4.69, 9.17) is 16.3 Å². The van der Waals surface area contributed by atoms with Crippen LogP contribution in [-0.2, 0) is 9.53 Å². The highest BCUT2D eigenvalue weighted by atomic mass is 35.5. The molecule has 1 fully saturated rings. The predicted octanol–water partition coefficient (Wildman–Crippen LogP) is 3.67. The monoisotopic (exact) mass is 294 g/mol. The van der Waals surface area contributed by atoms with E-state index in [1.807, 2.05) is 0 Å².